The molecule has 6 nitrogen and oxygen atoms in total. The van der Waals surface area contributed by atoms with Crippen LogP contribution in [0.3, 0.4) is 0 Å². The first-order valence-electron chi connectivity index (χ1n) is 7.40. The standard InChI is InChI=1S/C18H12ClNO5/c1-22-14-5-3-11(19)8-12(14)17-20-13(18(21)25-17)6-10-2-4-15-16(7-10)24-9-23-15/h2-8H,9H2,1H3/b13-6-. The van der Waals surface area contributed by atoms with Crippen molar-refractivity contribution in [1.82, 2.24) is 0 Å². The summed E-state index contributed by atoms with van der Waals surface area (Å²) in [5.41, 5.74) is 1.44. The maximum Gasteiger partial charge on any atom is 0.363 e. The molecule has 0 N–H and O–H groups in total. The van der Waals surface area contributed by atoms with Crippen molar-refractivity contribution in [2.24, 2.45) is 4.99 Å². The number of hydrogen-bond donors (Lipinski definition) is 0. The van der Waals surface area contributed by atoms with E-state index in [-0.39, 0.29) is 18.4 Å². The minimum atomic E-state index is -0.547. The van der Waals surface area contributed by atoms with Gasteiger partial charge in [-0.2, -0.15) is 0 Å². The molecule has 2 aliphatic rings. The Morgan fingerprint density at radius 1 is 1.16 bits per heavy atom. The second-order valence-electron chi connectivity index (χ2n) is 5.29. The first-order chi connectivity index (χ1) is 12.1. The number of fused-ring (bicyclic) bond motifs is 1. The van der Waals surface area contributed by atoms with Crippen LogP contribution < -0.4 is 14.2 Å². The molecule has 0 unspecified atom stereocenters. The van der Waals surface area contributed by atoms with E-state index in [0.29, 0.717) is 27.8 Å². The van der Waals surface area contributed by atoms with Crippen molar-refractivity contribution in [1.29, 1.82) is 0 Å². The predicted molar refractivity (Wildman–Crippen MR) is 91.2 cm³/mol. The molecule has 0 aliphatic carbocycles. The highest BCUT2D eigenvalue weighted by Gasteiger charge is 2.26. The summed E-state index contributed by atoms with van der Waals surface area (Å²) >= 11 is 6.02. The highest BCUT2D eigenvalue weighted by molar-refractivity contribution is 6.31. The maximum absolute atomic E-state index is 12.1. The van der Waals surface area contributed by atoms with Crippen LogP contribution in [0.1, 0.15) is 11.1 Å². The summed E-state index contributed by atoms with van der Waals surface area (Å²) in [6.45, 7) is 0.189. The quantitative estimate of drug-likeness (QED) is 0.622. The van der Waals surface area contributed by atoms with Crippen molar-refractivity contribution >= 4 is 29.5 Å². The zero-order valence-electron chi connectivity index (χ0n) is 13.1. The number of cyclic esters (lactones) is 1. The highest BCUT2D eigenvalue weighted by Crippen LogP contribution is 2.34. The fourth-order valence-electron chi connectivity index (χ4n) is 2.53. The van der Waals surface area contributed by atoms with Gasteiger partial charge in [-0.15, -0.1) is 0 Å². The smallest absolute Gasteiger partial charge is 0.363 e. The van der Waals surface area contributed by atoms with Gasteiger partial charge in [-0.3, -0.25) is 0 Å². The van der Waals surface area contributed by atoms with Gasteiger partial charge in [0.2, 0.25) is 12.7 Å². The van der Waals surface area contributed by atoms with Crippen LogP contribution in [0.25, 0.3) is 6.08 Å². The second kappa shape index (κ2) is 6.14. The Balaban J connectivity index is 1.70. The van der Waals surface area contributed by atoms with E-state index in [4.69, 9.17) is 30.5 Å². The lowest BCUT2D eigenvalue weighted by Gasteiger charge is -2.07. The van der Waals surface area contributed by atoms with Crippen LogP contribution in [-0.4, -0.2) is 25.8 Å². The van der Waals surface area contributed by atoms with E-state index in [0.717, 1.165) is 5.56 Å². The molecule has 7 heteroatoms. The number of esters is 1. The van der Waals surface area contributed by atoms with Gasteiger partial charge in [-0.05, 0) is 42.0 Å². The summed E-state index contributed by atoms with van der Waals surface area (Å²) in [4.78, 5) is 16.4. The summed E-state index contributed by atoms with van der Waals surface area (Å²) < 4.78 is 21.1. The van der Waals surface area contributed by atoms with Gasteiger partial charge >= 0.3 is 5.97 Å². The minimum Gasteiger partial charge on any atom is -0.496 e. The Labute approximate surface area is 148 Å². The lowest BCUT2D eigenvalue weighted by molar-refractivity contribution is -0.129. The number of hydrogen-bond acceptors (Lipinski definition) is 6. The zero-order chi connectivity index (χ0) is 17.4. The third kappa shape index (κ3) is 2.92. The molecule has 0 aromatic heterocycles. The molecule has 4 rings (SSSR count). The molecule has 0 bridgehead atoms. The molecule has 0 saturated heterocycles. The Bertz CT molecular complexity index is 935. The van der Waals surface area contributed by atoms with E-state index < -0.39 is 5.97 Å². The van der Waals surface area contributed by atoms with Crippen molar-refractivity contribution < 1.29 is 23.7 Å². The largest absolute Gasteiger partial charge is 0.496 e. The van der Waals surface area contributed by atoms with Crippen molar-refractivity contribution in [3.05, 3.63) is 58.2 Å². The van der Waals surface area contributed by atoms with Crippen molar-refractivity contribution in [2.75, 3.05) is 13.9 Å². The van der Waals surface area contributed by atoms with Crippen LogP contribution in [0, 0.1) is 0 Å². The van der Waals surface area contributed by atoms with Crippen LogP contribution in [0.4, 0.5) is 0 Å². The van der Waals surface area contributed by atoms with Crippen molar-refractivity contribution in [3.63, 3.8) is 0 Å². The summed E-state index contributed by atoms with van der Waals surface area (Å²) in [6, 6.07) is 10.4. The van der Waals surface area contributed by atoms with E-state index in [1.54, 1.807) is 42.5 Å². The SMILES string of the molecule is COc1ccc(Cl)cc1C1=N/C(=C\c2ccc3c(c2)OCO3)C(=O)O1. The third-order valence-electron chi connectivity index (χ3n) is 3.71. The third-order valence-corrected chi connectivity index (χ3v) is 3.95. The average Bonchev–Trinajstić information content (AvgIpc) is 3.21. The fraction of sp³-hybridized carbons (Fsp3) is 0.111. The highest BCUT2D eigenvalue weighted by atomic mass is 35.5. The number of benzene rings is 2. The molecule has 0 radical (unpaired) electrons. The topological polar surface area (TPSA) is 66.3 Å². The lowest BCUT2D eigenvalue weighted by atomic mass is 10.1. The van der Waals surface area contributed by atoms with Gasteiger partial charge in [0.1, 0.15) is 5.75 Å². The predicted octanol–water partition coefficient (Wildman–Crippen LogP) is 3.42. The molecule has 0 fully saturated rings. The molecular formula is C18H12ClNO5. The number of aliphatic imine (C=N–C) groups is 1. The number of rotatable bonds is 3. The summed E-state index contributed by atoms with van der Waals surface area (Å²) in [7, 11) is 1.52. The van der Waals surface area contributed by atoms with E-state index in [9.17, 15) is 4.79 Å². The van der Waals surface area contributed by atoms with Crippen molar-refractivity contribution in [2.45, 2.75) is 0 Å². The lowest BCUT2D eigenvalue weighted by Crippen LogP contribution is -2.07. The molecule has 2 aliphatic heterocycles. The van der Waals surface area contributed by atoms with E-state index in [1.807, 2.05) is 0 Å². The summed E-state index contributed by atoms with van der Waals surface area (Å²) in [5.74, 6) is 1.41. The Morgan fingerprint density at radius 3 is 2.84 bits per heavy atom. The van der Waals surface area contributed by atoms with Crippen molar-refractivity contribution in [3.8, 4) is 17.2 Å². The number of halogens is 1. The molecule has 0 saturated carbocycles. The van der Waals surface area contributed by atoms with Gasteiger partial charge in [-0.25, -0.2) is 9.79 Å². The number of nitrogens with zero attached hydrogens (tertiary/aromatic N) is 1. The first kappa shape index (κ1) is 15.5. The fourth-order valence-corrected chi connectivity index (χ4v) is 2.70. The van der Waals surface area contributed by atoms with Crippen LogP contribution in [0.2, 0.25) is 5.02 Å². The maximum atomic E-state index is 12.1. The van der Waals surface area contributed by atoms with E-state index >= 15 is 0 Å². The normalized spacial score (nSPS) is 16.8. The van der Waals surface area contributed by atoms with Gasteiger partial charge in [0.15, 0.2) is 17.2 Å². The Morgan fingerprint density at radius 2 is 2.00 bits per heavy atom. The van der Waals surface area contributed by atoms with Gasteiger partial charge < -0.3 is 18.9 Å². The van der Waals surface area contributed by atoms with Gasteiger partial charge in [0, 0.05) is 5.02 Å². The molecular weight excluding hydrogens is 346 g/mol. The molecule has 25 heavy (non-hydrogen) atoms. The van der Waals surface area contributed by atoms with E-state index in [1.165, 1.54) is 7.11 Å². The van der Waals surface area contributed by atoms with Gasteiger partial charge in [0.05, 0.1) is 12.7 Å². The summed E-state index contributed by atoms with van der Waals surface area (Å²) in [6.07, 6.45) is 1.62. The summed E-state index contributed by atoms with van der Waals surface area (Å²) in [5, 5.41) is 0.489. The van der Waals surface area contributed by atoms with Crippen LogP contribution in [-0.2, 0) is 9.53 Å². The van der Waals surface area contributed by atoms with Gasteiger partial charge in [-0.1, -0.05) is 17.7 Å². The van der Waals surface area contributed by atoms with Crippen LogP contribution in [0.15, 0.2) is 47.1 Å². The molecule has 0 amide bonds. The monoisotopic (exact) mass is 357 g/mol. The minimum absolute atomic E-state index is 0.149. The van der Waals surface area contributed by atoms with Crippen LogP contribution >= 0.6 is 11.6 Å². The zero-order valence-corrected chi connectivity index (χ0v) is 13.9. The molecule has 2 heterocycles. The molecule has 126 valence electrons. The molecule has 2 aromatic carbocycles. The van der Waals surface area contributed by atoms with Crippen LogP contribution in [0.5, 0.6) is 17.2 Å². The Kier molecular flexibility index (Phi) is 3.82. The molecule has 0 spiro atoms. The first-order valence-corrected chi connectivity index (χ1v) is 7.78. The number of carbonyl (C=O) groups is 1. The average molecular weight is 358 g/mol. The van der Waals surface area contributed by atoms with Gasteiger partial charge in [0.25, 0.3) is 0 Å². The number of carbonyl (C=O) groups excluding carboxylic acids is 1. The Hall–Kier alpha value is -2.99. The molecule has 0 atom stereocenters. The van der Waals surface area contributed by atoms with E-state index in [2.05, 4.69) is 4.99 Å². The second-order valence-corrected chi connectivity index (χ2v) is 5.73. The number of methoxy groups -OCH3 is 1. The number of ether oxygens (including phenoxy) is 4. The molecule has 2 aromatic rings.